The highest BCUT2D eigenvalue weighted by Gasteiger charge is 2.19. The second-order valence-corrected chi connectivity index (χ2v) is 6.56. The number of nitrogens with one attached hydrogen (secondary N) is 1. The Hall–Kier alpha value is -2.40. The predicted molar refractivity (Wildman–Crippen MR) is 94.1 cm³/mol. The summed E-state index contributed by atoms with van der Waals surface area (Å²) in [5, 5.41) is 2.88. The lowest BCUT2D eigenvalue weighted by molar-refractivity contribution is 0.272. The molecule has 1 saturated heterocycles. The summed E-state index contributed by atoms with van der Waals surface area (Å²) >= 11 is 0. The molecule has 0 saturated carbocycles. The quantitative estimate of drug-likeness (QED) is 0.807. The average Bonchev–Trinajstić information content (AvgIpc) is 2.95. The molecule has 3 aromatic rings. The number of H-pyrrole nitrogens is 1. The molecule has 1 aliphatic rings. The molecule has 1 aromatic carbocycles. The van der Waals surface area contributed by atoms with Gasteiger partial charge in [0.1, 0.15) is 0 Å². The number of rotatable bonds is 3. The second-order valence-electron chi connectivity index (χ2n) is 6.56. The van der Waals surface area contributed by atoms with Crippen LogP contribution in [-0.2, 0) is 6.54 Å². The molecule has 0 spiro atoms. The van der Waals surface area contributed by atoms with Gasteiger partial charge in [-0.1, -0.05) is 30.3 Å². The maximum atomic E-state index is 12.1. The van der Waals surface area contributed by atoms with E-state index in [9.17, 15) is 4.79 Å². The van der Waals surface area contributed by atoms with Crippen molar-refractivity contribution in [3.05, 3.63) is 70.3 Å². The smallest absolute Gasteiger partial charge is 0.272 e. The van der Waals surface area contributed by atoms with Crippen molar-refractivity contribution >= 4 is 5.65 Å². The Morgan fingerprint density at radius 3 is 2.88 bits per heavy atom. The molecular weight excluding hydrogens is 300 g/mol. The van der Waals surface area contributed by atoms with E-state index < -0.39 is 0 Å². The minimum Gasteiger partial charge on any atom is -0.297 e. The molecule has 5 heteroatoms. The molecule has 0 aliphatic carbocycles. The van der Waals surface area contributed by atoms with Crippen molar-refractivity contribution in [3.8, 4) is 0 Å². The van der Waals surface area contributed by atoms with Gasteiger partial charge in [-0.3, -0.25) is 14.8 Å². The average molecular weight is 322 g/mol. The lowest BCUT2D eigenvalue weighted by Crippen LogP contribution is -2.26. The van der Waals surface area contributed by atoms with Gasteiger partial charge in [-0.05, 0) is 43.8 Å². The maximum Gasteiger partial charge on any atom is 0.272 e. The molecule has 1 fully saturated rings. The fourth-order valence-electron chi connectivity index (χ4n) is 3.66. The molecule has 2 aromatic heterocycles. The van der Waals surface area contributed by atoms with E-state index >= 15 is 0 Å². The van der Waals surface area contributed by atoms with Crippen molar-refractivity contribution in [1.29, 1.82) is 0 Å². The third kappa shape index (κ3) is 3.12. The van der Waals surface area contributed by atoms with E-state index in [4.69, 9.17) is 0 Å². The van der Waals surface area contributed by atoms with Crippen LogP contribution in [0.15, 0.2) is 53.5 Å². The molecule has 5 nitrogen and oxygen atoms in total. The zero-order chi connectivity index (χ0) is 16.4. The summed E-state index contributed by atoms with van der Waals surface area (Å²) in [6.45, 7) is 2.86. The topological polar surface area (TPSA) is 53.4 Å². The summed E-state index contributed by atoms with van der Waals surface area (Å²) in [7, 11) is 0. The van der Waals surface area contributed by atoms with Gasteiger partial charge in [0, 0.05) is 24.9 Å². The van der Waals surface area contributed by atoms with Gasteiger partial charge < -0.3 is 0 Å². The third-order valence-electron chi connectivity index (χ3n) is 4.91. The summed E-state index contributed by atoms with van der Waals surface area (Å²) in [5.41, 5.74) is 2.95. The predicted octanol–water partition coefficient (Wildman–Crippen LogP) is 2.79. The van der Waals surface area contributed by atoms with Gasteiger partial charge in [0.15, 0.2) is 5.65 Å². The lowest BCUT2D eigenvalue weighted by atomic mass is 9.92. The van der Waals surface area contributed by atoms with Crippen LogP contribution in [0, 0.1) is 0 Å². The molecule has 24 heavy (non-hydrogen) atoms. The van der Waals surface area contributed by atoms with Crippen LogP contribution in [0.5, 0.6) is 0 Å². The summed E-state index contributed by atoms with van der Waals surface area (Å²) in [5.74, 6) is 0.641. The number of fused-ring (bicyclic) bond motifs is 1. The van der Waals surface area contributed by atoms with Gasteiger partial charge in [-0.25, -0.2) is 9.50 Å². The number of aromatic nitrogens is 3. The Kier molecular flexibility index (Phi) is 4.17. The van der Waals surface area contributed by atoms with Crippen molar-refractivity contribution in [2.75, 3.05) is 13.1 Å². The van der Waals surface area contributed by atoms with Crippen LogP contribution < -0.4 is 5.56 Å². The van der Waals surface area contributed by atoms with Crippen molar-refractivity contribution in [2.24, 2.45) is 0 Å². The first kappa shape index (κ1) is 15.1. The van der Waals surface area contributed by atoms with Crippen LogP contribution >= 0.6 is 0 Å². The second kappa shape index (κ2) is 6.61. The first-order chi connectivity index (χ1) is 11.8. The minimum atomic E-state index is -0.0445. The van der Waals surface area contributed by atoms with Gasteiger partial charge in [0.2, 0.25) is 0 Å². The summed E-state index contributed by atoms with van der Waals surface area (Å²) < 4.78 is 1.47. The molecule has 0 radical (unpaired) electrons. The highest BCUT2D eigenvalue weighted by atomic mass is 16.1. The Morgan fingerprint density at radius 2 is 2.00 bits per heavy atom. The summed E-state index contributed by atoms with van der Waals surface area (Å²) in [6.07, 6.45) is 5.32. The monoisotopic (exact) mass is 322 g/mol. The largest absolute Gasteiger partial charge is 0.297 e. The number of nitrogens with zero attached hydrogens (tertiary/aromatic N) is 3. The SMILES string of the molecule is O=c1cc(CN2CCCC(c3ccccc3)CC2)nc2cc[nH]n12. The molecule has 4 rings (SSSR count). The first-order valence-electron chi connectivity index (χ1n) is 8.63. The molecule has 0 bridgehead atoms. The van der Waals surface area contributed by atoms with E-state index in [1.807, 2.05) is 6.07 Å². The van der Waals surface area contributed by atoms with Gasteiger partial charge in [0.05, 0.1) is 5.69 Å². The van der Waals surface area contributed by atoms with Crippen molar-refractivity contribution in [1.82, 2.24) is 19.5 Å². The number of likely N-dealkylation sites (tertiary alicyclic amines) is 1. The molecule has 1 unspecified atom stereocenters. The van der Waals surface area contributed by atoms with E-state index in [1.165, 1.54) is 22.9 Å². The molecule has 0 amide bonds. The number of aromatic amines is 1. The molecule has 3 heterocycles. The normalized spacial score (nSPS) is 19.4. The summed E-state index contributed by atoms with van der Waals surface area (Å²) in [6, 6.07) is 14.3. The Morgan fingerprint density at radius 1 is 1.12 bits per heavy atom. The highest BCUT2D eigenvalue weighted by Crippen LogP contribution is 2.28. The molecule has 1 atom stereocenters. The fourth-order valence-corrected chi connectivity index (χ4v) is 3.66. The van der Waals surface area contributed by atoms with Gasteiger partial charge in [-0.15, -0.1) is 0 Å². The number of hydrogen-bond donors (Lipinski definition) is 1. The summed E-state index contributed by atoms with van der Waals surface area (Å²) in [4.78, 5) is 19.1. The van der Waals surface area contributed by atoms with Crippen LogP contribution in [-0.4, -0.2) is 32.6 Å². The Balaban J connectivity index is 1.46. The molecule has 124 valence electrons. The number of benzene rings is 1. The highest BCUT2D eigenvalue weighted by molar-refractivity contribution is 5.36. The van der Waals surface area contributed by atoms with E-state index in [1.54, 1.807) is 12.3 Å². The van der Waals surface area contributed by atoms with Crippen molar-refractivity contribution < 1.29 is 0 Å². The van der Waals surface area contributed by atoms with Crippen LogP contribution in [0.25, 0.3) is 5.65 Å². The molecular formula is C19H22N4O. The first-order valence-corrected chi connectivity index (χ1v) is 8.63. The zero-order valence-electron chi connectivity index (χ0n) is 13.7. The fraction of sp³-hybridized carbons (Fsp3) is 0.368. The number of hydrogen-bond acceptors (Lipinski definition) is 3. The zero-order valence-corrected chi connectivity index (χ0v) is 13.7. The van der Waals surface area contributed by atoms with Gasteiger partial charge >= 0.3 is 0 Å². The van der Waals surface area contributed by atoms with E-state index in [0.717, 1.165) is 31.7 Å². The van der Waals surface area contributed by atoms with Crippen LogP contribution in [0.2, 0.25) is 0 Å². The third-order valence-corrected chi connectivity index (χ3v) is 4.91. The van der Waals surface area contributed by atoms with Crippen molar-refractivity contribution in [3.63, 3.8) is 0 Å². The lowest BCUT2D eigenvalue weighted by Gasteiger charge is -2.19. The van der Waals surface area contributed by atoms with E-state index in [0.29, 0.717) is 11.6 Å². The van der Waals surface area contributed by atoms with Crippen LogP contribution in [0.1, 0.15) is 36.4 Å². The van der Waals surface area contributed by atoms with Crippen LogP contribution in [0.3, 0.4) is 0 Å². The standard InChI is InChI=1S/C19H22N4O/c24-19-13-17(21-18-8-10-20-23(18)19)14-22-11-4-7-16(9-12-22)15-5-2-1-3-6-15/h1-3,5-6,8,10,13,16,20H,4,7,9,11-12,14H2. The van der Waals surface area contributed by atoms with Gasteiger partial charge in [-0.2, -0.15) is 0 Å². The minimum absolute atomic E-state index is 0.0445. The Labute approximate surface area is 140 Å². The molecule has 1 aliphatic heterocycles. The van der Waals surface area contributed by atoms with E-state index in [2.05, 4.69) is 45.3 Å². The Bertz CT molecular complexity index is 868. The van der Waals surface area contributed by atoms with Gasteiger partial charge in [0.25, 0.3) is 5.56 Å². The van der Waals surface area contributed by atoms with E-state index in [-0.39, 0.29) is 5.56 Å². The maximum absolute atomic E-state index is 12.1. The van der Waals surface area contributed by atoms with Crippen LogP contribution in [0.4, 0.5) is 0 Å². The molecule has 1 N–H and O–H groups in total. The van der Waals surface area contributed by atoms with Crippen molar-refractivity contribution in [2.45, 2.75) is 31.7 Å².